The van der Waals surface area contributed by atoms with Gasteiger partial charge in [-0.15, -0.1) is 11.3 Å². The lowest BCUT2D eigenvalue weighted by molar-refractivity contribution is 0.262. The Kier molecular flexibility index (Phi) is 5.13. The number of carbonyl (C=O) groups excluding carboxylic acids is 1. The van der Waals surface area contributed by atoms with Crippen molar-refractivity contribution in [1.82, 2.24) is 10.3 Å². The van der Waals surface area contributed by atoms with E-state index in [1.807, 2.05) is 31.5 Å². The number of methoxy groups -OCH3 is 1. The van der Waals surface area contributed by atoms with Crippen molar-refractivity contribution in [3.05, 3.63) is 35.3 Å². The van der Waals surface area contributed by atoms with Crippen LogP contribution in [0, 0.1) is 0 Å². The van der Waals surface area contributed by atoms with Crippen molar-refractivity contribution < 1.29 is 9.53 Å². The van der Waals surface area contributed by atoms with Gasteiger partial charge in [0.2, 0.25) is 0 Å². The molecule has 0 aliphatic heterocycles. The predicted octanol–water partition coefficient (Wildman–Crippen LogP) is 3.08. The molecule has 2 rings (SSSR count). The summed E-state index contributed by atoms with van der Waals surface area (Å²) in [6, 6.07) is 7.02. The van der Waals surface area contributed by atoms with E-state index in [0.29, 0.717) is 16.6 Å². The van der Waals surface area contributed by atoms with Crippen LogP contribution >= 0.6 is 11.3 Å². The average Bonchev–Trinajstić information content (AvgIpc) is 2.95. The van der Waals surface area contributed by atoms with Crippen molar-refractivity contribution in [2.24, 2.45) is 0 Å². The molecule has 7 heteroatoms. The SMILES string of the molecule is CNC(C)c1csc(NC(=O)Nc2ccccc2OC)n1. The van der Waals surface area contributed by atoms with Crippen LogP contribution in [0.1, 0.15) is 18.7 Å². The number of carbonyl (C=O) groups is 1. The Balaban J connectivity index is 2.00. The van der Waals surface area contributed by atoms with Gasteiger partial charge in [0.15, 0.2) is 5.13 Å². The third-order valence-corrected chi connectivity index (χ3v) is 3.75. The molecule has 2 amide bonds. The molecule has 0 aliphatic carbocycles. The number of nitrogens with one attached hydrogen (secondary N) is 3. The lowest BCUT2D eigenvalue weighted by Crippen LogP contribution is -2.20. The fourth-order valence-electron chi connectivity index (χ4n) is 1.69. The minimum absolute atomic E-state index is 0.147. The van der Waals surface area contributed by atoms with Gasteiger partial charge in [0, 0.05) is 11.4 Å². The fourth-order valence-corrected chi connectivity index (χ4v) is 2.49. The second-order valence-electron chi connectivity index (χ2n) is 4.37. The van der Waals surface area contributed by atoms with Crippen LogP contribution in [0.15, 0.2) is 29.6 Å². The minimum Gasteiger partial charge on any atom is -0.495 e. The summed E-state index contributed by atoms with van der Waals surface area (Å²) >= 11 is 1.39. The molecular formula is C14H18N4O2S. The lowest BCUT2D eigenvalue weighted by atomic mass is 10.3. The van der Waals surface area contributed by atoms with Crippen LogP contribution in [0.25, 0.3) is 0 Å². The highest BCUT2D eigenvalue weighted by molar-refractivity contribution is 7.13. The first-order valence-electron chi connectivity index (χ1n) is 6.47. The number of aromatic nitrogens is 1. The number of nitrogens with zero attached hydrogens (tertiary/aromatic N) is 1. The summed E-state index contributed by atoms with van der Waals surface area (Å²) in [5.41, 5.74) is 1.51. The zero-order valence-electron chi connectivity index (χ0n) is 12.1. The summed E-state index contributed by atoms with van der Waals surface area (Å²) in [6.07, 6.45) is 0. The molecule has 6 nitrogen and oxygen atoms in total. The topological polar surface area (TPSA) is 75.3 Å². The van der Waals surface area contributed by atoms with Crippen molar-refractivity contribution >= 4 is 28.2 Å². The Morgan fingerprint density at radius 2 is 2.10 bits per heavy atom. The summed E-state index contributed by atoms with van der Waals surface area (Å²) in [5, 5.41) is 11.0. The van der Waals surface area contributed by atoms with E-state index in [0.717, 1.165) is 5.69 Å². The maximum Gasteiger partial charge on any atom is 0.325 e. The zero-order valence-corrected chi connectivity index (χ0v) is 13.0. The van der Waals surface area contributed by atoms with Gasteiger partial charge < -0.3 is 15.4 Å². The van der Waals surface area contributed by atoms with Crippen LogP contribution in [-0.4, -0.2) is 25.2 Å². The van der Waals surface area contributed by atoms with E-state index in [4.69, 9.17) is 4.74 Å². The van der Waals surface area contributed by atoms with E-state index >= 15 is 0 Å². The Labute approximate surface area is 127 Å². The Bertz CT molecular complexity index is 615. The Morgan fingerprint density at radius 3 is 2.81 bits per heavy atom. The number of amides is 2. The number of benzene rings is 1. The number of thiazole rings is 1. The van der Waals surface area contributed by atoms with Gasteiger partial charge in [-0.3, -0.25) is 5.32 Å². The van der Waals surface area contributed by atoms with E-state index in [-0.39, 0.29) is 12.1 Å². The largest absolute Gasteiger partial charge is 0.495 e. The van der Waals surface area contributed by atoms with Crippen LogP contribution in [0.3, 0.4) is 0 Å². The number of hydrogen-bond donors (Lipinski definition) is 3. The van der Waals surface area contributed by atoms with Crippen molar-refractivity contribution in [3.63, 3.8) is 0 Å². The first-order chi connectivity index (χ1) is 10.1. The van der Waals surface area contributed by atoms with Crippen LogP contribution in [0.4, 0.5) is 15.6 Å². The van der Waals surface area contributed by atoms with Crippen LogP contribution in [0.5, 0.6) is 5.75 Å². The van der Waals surface area contributed by atoms with Crippen LogP contribution in [0.2, 0.25) is 0 Å². The maximum atomic E-state index is 12.0. The standard InChI is InChI=1S/C14H18N4O2S/c1-9(15-2)11-8-21-14(17-11)18-13(19)16-10-6-4-5-7-12(10)20-3/h4-9,15H,1-3H3,(H2,16,17,18,19). The molecule has 21 heavy (non-hydrogen) atoms. The van der Waals surface area contributed by atoms with Gasteiger partial charge in [0.25, 0.3) is 0 Å². The molecule has 1 aromatic heterocycles. The number of para-hydroxylation sites is 2. The molecule has 0 spiro atoms. The van der Waals surface area contributed by atoms with E-state index in [2.05, 4.69) is 20.9 Å². The number of urea groups is 1. The van der Waals surface area contributed by atoms with Crippen molar-refractivity contribution in [2.45, 2.75) is 13.0 Å². The Morgan fingerprint density at radius 1 is 1.33 bits per heavy atom. The molecule has 0 bridgehead atoms. The Hall–Kier alpha value is -2.12. The van der Waals surface area contributed by atoms with Gasteiger partial charge in [0.05, 0.1) is 18.5 Å². The highest BCUT2D eigenvalue weighted by Gasteiger charge is 2.11. The molecular weight excluding hydrogens is 288 g/mol. The number of anilines is 2. The third kappa shape index (κ3) is 3.93. The highest BCUT2D eigenvalue weighted by atomic mass is 32.1. The molecule has 2 aromatic rings. The monoisotopic (exact) mass is 306 g/mol. The smallest absolute Gasteiger partial charge is 0.325 e. The summed E-state index contributed by atoms with van der Waals surface area (Å²) in [5.74, 6) is 0.608. The highest BCUT2D eigenvalue weighted by Crippen LogP contribution is 2.24. The van der Waals surface area contributed by atoms with E-state index in [9.17, 15) is 4.79 Å². The minimum atomic E-state index is -0.350. The predicted molar refractivity (Wildman–Crippen MR) is 85.2 cm³/mol. The number of hydrogen-bond acceptors (Lipinski definition) is 5. The lowest BCUT2D eigenvalue weighted by Gasteiger charge is -2.09. The van der Waals surface area contributed by atoms with E-state index < -0.39 is 0 Å². The van der Waals surface area contributed by atoms with Crippen LogP contribution < -0.4 is 20.7 Å². The molecule has 0 saturated carbocycles. The van der Waals surface area contributed by atoms with Gasteiger partial charge in [-0.1, -0.05) is 12.1 Å². The molecule has 0 aliphatic rings. The summed E-state index contributed by atoms with van der Waals surface area (Å²) in [4.78, 5) is 16.3. The number of rotatable bonds is 5. The molecule has 0 radical (unpaired) electrons. The van der Waals surface area contributed by atoms with Gasteiger partial charge in [-0.25, -0.2) is 9.78 Å². The fraction of sp³-hybridized carbons (Fsp3) is 0.286. The average molecular weight is 306 g/mol. The molecule has 1 heterocycles. The van der Waals surface area contributed by atoms with Gasteiger partial charge >= 0.3 is 6.03 Å². The summed E-state index contributed by atoms with van der Waals surface area (Å²) in [7, 11) is 3.43. The molecule has 0 saturated heterocycles. The van der Waals surface area contributed by atoms with E-state index in [1.165, 1.54) is 11.3 Å². The van der Waals surface area contributed by atoms with Gasteiger partial charge in [0.1, 0.15) is 5.75 Å². The van der Waals surface area contributed by atoms with Crippen LogP contribution in [-0.2, 0) is 0 Å². The van der Waals surface area contributed by atoms with Crippen molar-refractivity contribution in [1.29, 1.82) is 0 Å². The van der Waals surface area contributed by atoms with Crippen molar-refractivity contribution in [3.8, 4) is 5.75 Å². The van der Waals surface area contributed by atoms with Gasteiger partial charge in [-0.05, 0) is 26.1 Å². The molecule has 0 fully saturated rings. The molecule has 1 unspecified atom stereocenters. The van der Waals surface area contributed by atoms with E-state index in [1.54, 1.807) is 19.2 Å². The first-order valence-corrected chi connectivity index (χ1v) is 7.35. The molecule has 3 N–H and O–H groups in total. The van der Waals surface area contributed by atoms with Crippen molar-refractivity contribution in [2.75, 3.05) is 24.8 Å². The zero-order chi connectivity index (χ0) is 15.2. The normalized spacial score (nSPS) is 11.8. The summed E-state index contributed by atoms with van der Waals surface area (Å²) in [6.45, 7) is 2.01. The quantitative estimate of drug-likeness (QED) is 0.793. The van der Waals surface area contributed by atoms with Gasteiger partial charge in [-0.2, -0.15) is 0 Å². The third-order valence-electron chi connectivity index (χ3n) is 2.97. The second kappa shape index (κ2) is 7.05. The summed E-state index contributed by atoms with van der Waals surface area (Å²) < 4.78 is 5.18. The first kappa shape index (κ1) is 15.3. The maximum absolute atomic E-state index is 12.0. The molecule has 1 aromatic carbocycles. The molecule has 112 valence electrons. The molecule has 1 atom stereocenters. The second-order valence-corrected chi connectivity index (χ2v) is 5.23. The number of ether oxygens (including phenoxy) is 1.